The number of carbonyl (C=O) groups is 1. The third-order valence-corrected chi connectivity index (χ3v) is 4.87. The average Bonchev–Trinajstić information content (AvgIpc) is 2.54. The molecule has 1 aliphatic carbocycles. The molecule has 0 amide bonds. The second-order valence-electron chi connectivity index (χ2n) is 5.37. The maximum absolute atomic E-state index is 12.6. The molecular weight excluding hydrogens is 336 g/mol. The lowest BCUT2D eigenvalue weighted by Crippen LogP contribution is -2.31. The number of rotatable bonds is 5. The second-order valence-corrected chi connectivity index (χ2v) is 6.16. The van der Waals surface area contributed by atoms with Gasteiger partial charge in [0.2, 0.25) is 0 Å². The van der Waals surface area contributed by atoms with Crippen LogP contribution in [-0.2, 0) is 0 Å². The number of methoxy groups -OCH3 is 2. The zero-order chi connectivity index (χ0) is 15.4. The summed E-state index contributed by atoms with van der Waals surface area (Å²) >= 11 is 3.38. The van der Waals surface area contributed by atoms with Crippen LogP contribution in [0.4, 0.5) is 0 Å². The van der Waals surface area contributed by atoms with Gasteiger partial charge in [-0.1, -0.05) is 19.3 Å². The number of aliphatic hydroxyl groups is 1. The molecule has 4 nitrogen and oxygen atoms in total. The Morgan fingerprint density at radius 1 is 1.24 bits per heavy atom. The zero-order valence-electron chi connectivity index (χ0n) is 12.4. The number of ketones is 1. The van der Waals surface area contributed by atoms with Crippen LogP contribution in [0.2, 0.25) is 0 Å². The van der Waals surface area contributed by atoms with Crippen LogP contribution in [0.3, 0.4) is 0 Å². The van der Waals surface area contributed by atoms with Crippen LogP contribution in [0.5, 0.6) is 11.5 Å². The molecule has 1 atom stereocenters. The van der Waals surface area contributed by atoms with Crippen molar-refractivity contribution in [2.24, 2.45) is 5.92 Å². The van der Waals surface area contributed by atoms with Crippen LogP contribution >= 0.6 is 15.9 Å². The molecule has 0 heterocycles. The maximum Gasteiger partial charge on any atom is 0.195 e. The van der Waals surface area contributed by atoms with Crippen molar-refractivity contribution < 1.29 is 19.4 Å². The second kappa shape index (κ2) is 7.27. The fourth-order valence-corrected chi connectivity index (χ4v) is 3.58. The molecule has 116 valence electrons. The molecule has 0 saturated heterocycles. The van der Waals surface area contributed by atoms with E-state index in [0.29, 0.717) is 21.5 Å². The minimum Gasteiger partial charge on any atom is -0.495 e. The fourth-order valence-electron chi connectivity index (χ4n) is 2.91. The molecule has 1 aromatic carbocycles. The monoisotopic (exact) mass is 356 g/mol. The van der Waals surface area contributed by atoms with Crippen LogP contribution in [0.15, 0.2) is 16.6 Å². The summed E-state index contributed by atoms with van der Waals surface area (Å²) in [4.78, 5) is 12.6. The molecule has 1 saturated carbocycles. The van der Waals surface area contributed by atoms with Gasteiger partial charge in [-0.25, -0.2) is 0 Å². The first-order chi connectivity index (χ1) is 10.1. The van der Waals surface area contributed by atoms with Gasteiger partial charge in [0.1, 0.15) is 22.1 Å². The third kappa shape index (κ3) is 3.40. The van der Waals surface area contributed by atoms with Crippen LogP contribution < -0.4 is 9.47 Å². The van der Waals surface area contributed by atoms with Gasteiger partial charge in [-0.3, -0.25) is 4.79 Å². The molecule has 1 N–H and O–H groups in total. The van der Waals surface area contributed by atoms with E-state index in [0.717, 1.165) is 25.7 Å². The van der Waals surface area contributed by atoms with Crippen molar-refractivity contribution in [3.8, 4) is 11.5 Å². The summed E-state index contributed by atoms with van der Waals surface area (Å²) in [5.41, 5.74) is 0.392. The van der Waals surface area contributed by atoms with E-state index in [4.69, 9.17) is 9.47 Å². The first kappa shape index (κ1) is 16.3. The lowest BCUT2D eigenvalue weighted by molar-refractivity contribution is 0.0531. The highest BCUT2D eigenvalue weighted by atomic mass is 79.9. The van der Waals surface area contributed by atoms with Gasteiger partial charge in [0, 0.05) is 0 Å². The molecule has 1 aliphatic rings. The van der Waals surface area contributed by atoms with Crippen LogP contribution in [-0.4, -0.2) is 31.2 Å². The standard InChI is InChI=1S/C16H21BrO4/c1-20-12-9-8-11(16(21-2)13(12)17)15(19)14(18)10-6-4-3-5-7-10/h8-10,14,18H,3-7H2,1-2H3. The lowest BCUT2D eigenvalue weighted by Gasteiger charge is -2.26. The molecule has 1 fully saturated rings. The Hall–Kier alpha value is -1.07. The van der Waals surface area contributed by atoms with Gasteiger partial charge in [-0.05, 0) is 46.8 Å². The van der Waals surface area contributed by atoms with Crippen molar-refractivity contribution in [2.75, 3.05) is 14.2 Å². The average molecular weight is 357 g/mol. The normalized spacial score (nSPS) is 17.3. The Bertz CT molecular complexity index is 509. The highest BCUT2D eigenvalue weighted by Crippen LogP contribution is 2.38. The van der Waals surface area contributed by atoms with Crippen molar-refractivity contribution in [1.82, 2.24) is 0 Å². The zero-order valence-corrected chi connectivity index (χ0v) is 14.0. The molecule has 5 heteroatoms. The quantitative estimate of drug-likeness (QED) is 0.819. The van der Waals surface area contributed by atoms with E-state index in [1.807, 2.05) is 0 Å². The predicted molar refractivity (Wildman–Crippen MR) is 84.2 cm³/mol. The number of aliphatic hydroxyl groups excluding tert-OH is 1. The summed E-state index contributed by atoms with van der Waals surface area (Å²) in [6.07, 6.45) is 4.21. The summed E-state index contributed by atoms with van der Waals surface area (Å²) in [6.45, 7) is 0. The van der Waals surface area contributed by atoms with Gasteiger partial charge in [-0.2, -0.15) is 0 Å². The topological polar surface area (TPSA) is 55.8 Å². The molecule has 0 bridgehead atoms. The molecule has 0 radical (unpaired) electrons. The Kier molecular flexibility index (Phi) is 5.65. The van der Waals surface area contributed by atoms with Crippen molar-refractivity contribution in [3.05, 3.63) is 22.2 Å². The van der Waals surface area contributed by atoms with Crippen molar-refractivity contribution >= 4 is 21.7 Å². The summed E-state index contributed by atoms with van der Waals surface area (Å²) < 4.78 is 11.1. The van der Waals surface area contributed by atoms with Gasteiger partial charge in [0.05, 0.1) is 19.8 Å². The SMILES string of the molecule is COc1ccc(C(=O)C(O)C2CCCCC2)c(OC)c1Br. The molecule has 1 unspecified atom stereocenters. The Balaban J connectivity index is 2.27. The van der Waals surface area contributed by atoms with E-state index in [2.05, 4.69) is 15.9 Å². The van der Waals surface area contributed by atoms with Gasteiger partial charge in [-0.15, -0.1) is 0 Å². The highest BCUT2D eigenvalue weighted by molar-refractivity contribution is 9.10. The summed E-state index contributed by atoms with van der Waals surface area (Å²) in [5.74, 6) is 0.781. The number of ether oxygens (including phenoxy) is 2. The number of benzene rings is 1. The summed E-state index contributed by atoms with van der Waals surface area (Å²) in [6, 6.07) is 3.35. The molecule has 0 aromatic heterocycles. The Labute approximate surface area is 133 Å². The van der Waals surface area contributed by atoms with Gasteiger partial charge in [0.25, 0.3) is 0 Å². The highest BCUT2D eigenvalue weighted by Gasteiger charge is 2.30. The Morgan fingerprint density at radius 2 is 1.90 bits per heavy atom. The smallest absolute Gasteiger partial charge is 0.195 e. The number of halogens is 1. The first-order valence-electron chi connectivity index (χ1n) is 7.23. The minimum atomic E-state index is -0.959. The van der Waals surface area contributed by atoms with Crippen molar-refractivity contribution in [1.29, 1.82) is 0 Å². The van der Waals surface area contributed by atoms with Crippen molar-refractivity contribution in [3.63, 3.8) is 0 Å². The predicted octanol–water partition coefficient (Wildman–Crippen LogP) is 3.59. The van der Waals surface area contributed by atoms with E-state index < -0.39 is 6.10 Å². The van der Waals surface area contributed by atoms with Gasteiger partial charge in [0.15, 0.2) is 5.78 Å². The van der Waals surface area contributed by atoms with E-state index >= 15 is 0 Å². The molecule has 0 aliphatic heterocycles. The summed E-state index contributed by atoms with van der Waals surface area (Å²) in [7, 11) is 3.06. The molecule has 2 rings (SSSR count). The molecular formula is C16H21BrO4. The largest absolute Gasteiger partial charge is 0.495 e. The number of Topliss-reactive ketones (excluding diaryl/α,β-unsaturated/α-hetero) is 1. The van der Waals surface area contributed by atoms with Gasteiger partial charge < -0.3 is 14.6 Å². The molecule has 21 heavy (non-hydrogen) atoms. The Morgan fingerprint density at radius 3 is 2.48 bits per heavy atom. The van der Waals surface area contributed by atoms with Gasteiger partial charge >= 0.3 is 0 Å². The maximum atomic E-state index is 12.6. The van der Waals surface area contributed by atoms with Crippen LogP contribution in [0.25, 0.3) is 0 Å². The number of hydrogen-bond donors (Lipinski definition) is 1. The van der Waals surface area contributed by atoms with E-state index in [-0.39, 0.29) is 11.7 Å². The van der Waals surface area contributed by atoms with Crippen LogP contribution in [0.1, 0.15) is 42.5 Å². The molecule has 0 spiro atoms. The summed E-state index contributed by atoms with van der Waals surface area (Å²) in [5, 5.41) is 10.4. The number of carbonyl (C=O) groups excluding carboxylic acids is 1. The molecule has 1 aromatic rings. The van der Waals surface area contributed by atoms with E-state index in [9.17, 15) is 9.90 Å². The third-order valence-electron chi connectivity index (χ3n) is 4.12. The lowest BCUT2D eigenvalue weighted by atomic mass is 9.82. The minimum absolute atomic E-state index is 0.0526. The van der Waals surface area contributed by atoms with Crippen molar-refractivity contribution in [2.45, 2.75) is 38.2 Å². The number of hydrogen-bond acceptors (Lipinski definition) is 4. The first-order valence-corrected chi connectivity index (χ1v) is 8.02. The van der Waals surface area contributed by atoms with Crippen LogP contribution in [0, 0.1) is 5.92 Å². The fraction of sp³-hybridized carbons (Fsp3) is 0.562. The van der Waals surface area contributed by atoms with E-state index in [1.54, 1.807) is 19.2 Å². The van der Waals surface area contributed by atoms with E-state index in [1.165, 1.54) is 13.5 Å².